The summed E-state index contributed by atoms with van der Waals surface area (Å²) in [6.45, 7) is 6.83. The highest BCUT2D eigenvalue weighted by Gasteiger charge is 2.07. The van der Waals surface area contributed by atoms with Crippen LogP contribution in [0.3, 0.4) is 0 Å². The topological polar surface area (TPSA) is 66.9 Å². The Morgan fingerprint density at radius 3 is 2.19 bits per heavy atom. The van der Waals surface area contributed by atoms with Crippen molar-refractivity contribution < 1.29 is 4.79 Å². The fraction of sp³-hybridized carbons (Fsp3) is 0.227. The summed E-state index contributed by atoms with van der Waals surface area (Å²) >= 11 is 0. The van der Waals surface area contributed by atoms with E-state index in [4.69, 9.17) is 0 Å². The molecule has 2 aromatic carbocycles. The van der Waals surface area contributed by atoms with E-state index >= 15 is 0 Å². The van der Waals surface area contributed by atoms with Crippen LogP contribution in [0.4, 0.5) is 11.6 Å². The summed E-state index contributed by atoms with van der Waals surface area (Å²) in [7, 11) is 0. The first-order valence-corrected chi connectivity index (χ1v) is 9.04. The molecule has 0 radical (unpaired) electrons. The van der Waals surface area contributed by atoms with Crippen molar-refractivity contribution in [3.63, 3.8) is 0 Å². The van der Waals surface area contributed by atoms with Gasteiger partial charge in [-0.2, -0.15) is 0 Å². The van der Waals surface area contributed by atoms with E-state index in [1.807, 2.05) is 43.3 Å². The third-order valence-electron chi connectivity index (χ3n) is 4.32. The van der Waals surface area contributed by atoms with Gasteiger partial charge in [0.15, 0.2) is 0 Å². The van der Waals surface area contributed by atoms with Crippen molar-refractivity contribution >= 4 is 17.5 Å². The molecule has 0 saturated carbocycles. The highest BCUT2D eigenvalue weighted by molar-refractivity contribution is 5.93. The van der Waals surface area contributed by atoms with Gasteiger partial charge < -0.3 is 10.6 Å². The van der Waals surface area contributed by atoms with Crippen molar-refractivity contribution in [2.24, 2.45) is 0 Å². The number of anilines is 2. The zero-order chi connectivity index (χ0) is 19.2. The van der Waals surface area contributed by atoms with E-state index in [1.54, 1.807) is 0 Å². The third kappa shape index (κ3) is 5.14. The molecular weight excluding hydrogens is 336 g/mol. The van der Waals surface area contributed by atoms with E-state index in [-0.39, 0.29) is 5.91 Å². The lowest BCUT2D eigenvalue weighted by Crippen LogP contribution is -2.23. The van der Waals surface area contributed by atoms with Gasteiger partial charge >= 0.3 is 0 Å². The van der Waals surface area contributed by atoms with Gasteiger partial charge in [-0.25, -0.2) is 9.97 Å². The minimum atomic E-state index is -0.191. The van der Waals surface area contributed by atoms with Crippen molar-refractivity contribution in [1.82, 2.24) is 15.3 Å². The largest absolute Gasteiger partial charge is 0.348 e. The summed E-state index contributed by atoms with van der Waals surface area (Å²) in [6.07, 6.45) is 3.06. The van der Waals surface area contributed by atoms with Crippen molar-refractivity contribution in [3.8, 4) is 0 Å². The Bertz CT molecular complexity index is 885. The predicted molar refractivity (Wildman–Crippen MR) is 108 cm³/mol. The Balaban J connectivity index is 1.57. The van der Waals surface area contributed by atoms with Gasteiger partial charge in [-0.3, -0.25) is 4.79 Å². The van der Waals surface area contributed by atoms with E-state index in [0.717, 1.165) is 11.3 Å². The van der Waals surface area contributed by atoms with E-state index in [1.165, 1.54) is 23.5 Å². The minimum absolute atomic E-state index is 0.191. The molecule has 0 spiro atoms. The number of hydrogen-bond donors (Lipinski definition) is 2. The number of rotatable bonds is 6. The monoisotopic (exact) mass is 360 g/mol. The molecule has 5 heteroatoms. The maximum absolute atomic E-state index is 12.2. The molecular formula is C22H24N4O. The summed E-state index contributed by atoms with van der Waals surface area (Å²) in [5, 5.41) is 6.03. The maximum Gasteiger partial charge on any atom is 0.254 e. The van der Waals surface area contributed by atoms with Gasteiger partial charge in [0.1, 0.15) is 0 Å². The van der Waals surface area contributed by atoms with E-state index in [0.29, 0.717) is 24.0 Å². The zero-order valence-corrected chi connectivity index (χ0v) is 15.9. The molecule has 3 aromatic rings. The van der Waals surface area contributed by atoms with Gasteiger partial charge in [0.2, 0.25) is 5.95 Å². The second-order valence-corrected chi connectivity index (χ2v) is 6.87. The highest BCUT2D eigenvalue weighted by atomic mass is 16.1. The molecule has 0 atom stereocenters. The predicted octanol–water partition coefficient (Wildman–Crippen LogP) is 4.58. The fourth-order valence-corrected chi connectivity index (χ4v) is 2.58. The molecule has 1 amide bonds. The number of benzene rings is 2. The van der Waals surface area contributed by atoms with Crippen LogP contribution in [0.15, 0.2) is 60.9 Å². The number of amides is 1. The van der Waals surface area contributed by atoms with Crippen LogP contribution < -0.4 is 10.6 Å². The number of nitrogens with zero attached hydrogens (tertiary/aromatic N) is 2. The van der Waals surface area contributed by atoms with Gasteiger partial charge in [-0.1, -0.05) is 55.8 Å². The number of carbonyl (C=O) groups is 1. The van der Waals surface area contributed by atoms with Gasteiger partial charge in [0, 0.05) is 24.6 Å². The molecule has 0 aliphatic rings. The SMILES string of the molecule is Cc1ccc(CNC(=O)c2cnc(Nc3ccc(C(C)C)cc3)nc2)cc1. The summed E-state index contributed by atoms with van der Waals surface area (Å²) in [4.78, 5) is 20.7. The standard InChI is InChI=1S/C22H24N4O/c1-15(2)18-8-10-20(11-9-18)26-22-24-13-19(14-25-22)21(27)23-12-17-6-4-16(3)5-7-17/h4-11,13-15H,12H2,1-3H3,(H,23,27)(H,24,25,26). The Hall–Kier alpha value is -3.21. The molecule has 27 heavy (non-hydrogen) atoms. The zero-order valence-electron chi connectivity index (χ0n) is 15.9. The lowest BCUT2D eigenvalue weighted by Gasteiger charge is -2.09. The summed E-state index contributed by atoms with van der Waals surface area (Å²) < 4.78 is 0. The first kappa shape index (κ1) is 18.6. The second-order valence-electron chi connectivity index (χ2n) is 6.87. The van der Waals surface area contributed by atoms with Gasteiger partial charge in [0.25, 0.3) is 5.91 Å². The minimum Gasteiger partial charge on any atom is -0.348 e. The fourth-order valence-electron chi connectivity index (χ4n) is 2.58. The molecule has 1 heterocycles. The molecule has 3 rings (SSSR count). The van der Waals surface area contributed by atoms with Crippen LogP contribution in [0.1, 0.15) is 46.8 Å². The van der Waals surface area contributed by atoms with Crippen LogP contribution in [-0.4, -0.2) is 15.9 Å². The van der Waals surface area contributed by atoms with Crippen molar-refractivity contribution in [1.29, 1.82) is 0 Å². The van der Waals surface area contributed by atoms with Crippen molar-refractivity contribution in [2.75, 3.05) is 5.32 Å². The molecule has 0 unspecified atom stereocenters. The summed E-state index contributed by atoms with van der Waals surface area (Å²) in [5.74, 6) is 0.763. The van der Waals surface area contributed by atoms with Crippen LogP contribution in [0.2, 0.25) is 0 Å². The lowest BCUT2D eigenvalue weighted by atomic mass is 10.0. The smallest absolute Gasteiger partial charge is 0.254 e. The molecule has 1 aromatic heterocycles. The summed E-state index contributed by atoms with van der Waals surface area (Å²) in [6, 6.07) is 16.2. The van der Waals surface area contributed by atoms with E-state index in [2.05, 4.69) is 46.6 Å². The van der Waals surface area contributed by atoms with Crippen molar-refractivity contribution in [2.45, 2.75) is 33.2 Å². The van der Waals surface area contributed by atoms with E-state index < -0.39 is 0 Å². The van der Waals surface area contributed by atoms with Crippen molar-refractivity contribution in [3.05, 3.63) is 83.2 Å². The van der Waals surface area contributed by atoms with Gasteiger partial charge in [-0.05, 0) is 36.1 Å². The quantitative estimate of drug-likeness (QED) is 0.675. The molecule has 0 saturated heterocycles. The maximum atomic E-state index is 12.2. The number of nitrogens with one attached hydrogen (secondary N) is 2. The van der Waals surface area contributed by atoms with Crippen LogP contribution in [-0.2, 0) is 6.54 Å². The average Bonchev–Trinajstić information content (AvgIpc) is 2.68. The highest BCUT2D eigenvalue weighted by Crippen LogP contribution is 2.19. The van der Waals surface area contributed by atoms with Gasteiger partial charge in [0.05, 0.1) is 5.56 Å². The first-order valence-electron chi connectivity index (χ1n) is 9.04. The van der Waals surface area contributed by atoms with Gasteiger partial charge in [-0.15, -0.1) is 0 Å². The lowest BCUT2D eigenvalue weighted by molar-refractivity contribution is 0.0950. The van der Waals surface area contributed by atoms with Crippen LogP contribution >= 0.6 is 0 Å². The Morgan fingerprint density at radius 1 is 0.963 bits per heavy atom. The first-order chi connectivity index (χ1) is 13.0. The third-order valence-corrected chi connectivity index (χ3v) is 4.32. The van der Waals surface area contributed by atoms with Crippen LogP contribution in [0.5, 0.6) is 0 Å². The molecule has 0 fully saturated rings. The molecule has 5 nitrogen and oxygen atoms in total. The molecule has 0 aliphatic heterocycles. The molecule has 0 bridgehead atoms. The average molecular weight is 360 g/mol. The molecule has 138 valence electrons. The van der Waals surface area contributed by atoms with Crippen LogP contribution in [0, 0.1) is 6.92 Å². The number of carbonyl (C=O) groups excluding carboxylic acids is 1. The molecule has 2 N–H and O–H groups in total. The number of aromatic nitrogens is 2. The van der Waals surface area contributed by atoms with Crippen LogP contribution in [0.25, 0.3) is 0 Å². The Labute approximate surface area is 159 Å². The Morgan fingerprint density at radius 2 is 1.59 bits per heavy atom. The van der Waals surface area contributed by atoms with E-state index in [9.17, 15) is 4.79 Å². The Kier molecular flexibility index (Phi) is 5.81. The number of hydrogen-bond acceptors (Lipinski definition) is 4. The normalized spacial score (nSPS) is 10.7. The summed E-state index contributed by atoms with van der Waals surface area (Å²) in [5.41, 5.74) is 4.87. The molecule has 0 aliphatic carbocycles. The number of aryl methyl sites for hydroxylation is 1. The second kappa shape index (κ2) is 8.45.